The standard InChI is InChI=1S/C18H18BrNO2/c1-3-13-6-10-17(16(19)12-13)20-18(21)11-7-14-4-8-15(22-2)9-5-14/h4-12H,3H2,1-2H3,(H,20,21)/b11-7+. The molecule has 2 rings (SSSR count). The molecule has 0 aliphatic rings. The molecule has 114 valence electrons. The number of hydrogen-bond acceptors (Lipinski definition) is 2. The van der Waals surface area contributed by atoms with Gasteiger partial charge in [-0.25, -0.2) is 0 Å². The average molecular weight is 360 g/mol. The molecule has 0 aliphatic heterocycles. The summed E-state index contributed by atoms with van der Waals surface area (Å²) in [5, 5.41) is 2.86. The largest absolute Gasteiger partial charge is 0.497 e. The van der Waals surface area contributed by atoms with Crippen molar-refractivity contribution in [2.45, 2.75) is 13.3 Å². The number of nitrogens with one attached hydrogen (secondary N) is 1. The van der Waals surface area contributed by atoms with Gasteiger partial charge in [0.2, 0.25) is 5.91 Å². The molecule has 2 aromatic carbocycles. The molecule has 0 heterocycles. The number of carbonyl (C=O) groups excluding carboxylic acids is 1. The van der Waals surface area contributed by atoms with Crippen LogP contribution in [0.15, 0.2) is 53.0 Å². The summed E-state index contributed by atoms with van der Waals surface area (Å²) in [5.74, 6) is 0.627. The summed E-state index contributed by atoms with van der Waals surface area (Å²) in [4.78, 5) is 12.0. The molecule has 0 aliphatic carbocycles. The van der Waals surface area contributed by atoms with E-state index in [2.05, 4.69) is 28.2 Å². The number of amides is 1. The predicted molar refractivity (Wildman–Crippen MR) is 94.2 cm³/mol. The third-order valence-electron chi connectivity index (χ3n) is 3.24. The van der Waals surface area contributed by atoms with Crippen molar-refractivity contribution in [2.24, 2.45) is 0 Å². The second-order valence-corrected chi connectivity index (χ2v) is 5.62. The Morgan fingerprint density at radius 3 is 2.55 bits per heavy atom. The molecule has 1 N–H and O–H groups in total. The van der Waals surface area contributed by atoms with Crippen LogP contribution in [-0.4, -0.2) is 13.0 Å². The molecule has 22 heavy (non-hydrogen) atoms. The van der Waals surface area contributed by atoms with Gasteiger partial charge < -0.3 is 10.1 Å². The molecule has 1 amide bonds. The third kappa shape index (κ3) is 4.46. The zero-order valence-electron chi connectivity index (χ0n) is 12.6. The van der Waals surface area contributed by atoms with Gasteiger partial charge >= 0.3 is 0 Å². The lowest BCUT2D eigenvalue weighted by Gasteiger charge is -2.07. The zero-order chi connectivity index (χ0) is 15.9. The van der Waals surface area contributed by atoms with Gasteiger partial charge in [-0.2, -0.15) is 0 Å². The van der Waals surface area contributed by atoms with Gasteiger partial charge in [0.1, 0.15) is 5.75 Å². The quantitative estimate of drug-likeness (QED) is 0.787. The van der Waals surface area contributed by atoms with Crippen LogP contribution in [0.25, 0.3) is 6.08 Å². The first-order chi connectivity index (χ1) is 10.6. The zero-order valence-corrected chi connectivity index (χ0v) is 14.2. The fourth-order valence-corrected chi connectivity index (χ4v) is 2.47. The maximum Gasteiger partial charge on any atom is 0.248 e. The summed E-state index contributed by atoms with van der Waals surface area (Å²) >= 11 is 3.48. The molecule has 0 radical (unpaired) electrons. The molecule has 0 aromatic heterocycles. The normalized spacial score (nSPS) is 10.7. The summed E-state index contributed by atoms with van der Waals surface area (Å²) in [5.41, 5.74) is 2.93. The van der Waals surface area contributed by atoms with E-state index in [-0.39, 0.29) is 5.91 Å². The van der Waals surface area contributed by atoms with Crippen LogP contribution < -0.4 is 10.1 Å². The first-order valence-corrected chi connectivity index (χ1v) is 7.83. The molecule has 0 bridgehead atoms. The topological polar surface area (TPSA) is 38.3 Å². The average Bonchev–Trinajstić information content (AvgIpc) is 2.55. The van der Waals surface area contributed by atoms with Gasteiger partial charge in [0.15, 0.2) is 0 Å². The van der Waals surface area contributed by atoms with Crippen molar-refractivity contribution in [1.82, 2.24) is 0 Å². The predicted octanol–water partition coefficient (Wildman–Crippen LogP) is 4.67. The van der Waals surface area contributed by atoms with Crippen LogP contribution in [0.4, 0.5) is 5.69 Å². The second kappa shape index (κ2) is 7.80. The monoisotopic (exact) mass is 359 g/mol. The molecule has 0 unspecified atom stereocenters. The van der Waals surface area contributed by atoms with Crippen molar-refractivity contribution >= 4 is 33.6 Å². The lowest BCUT2D eigenvalue weighted by atomic mass is 10.1. The Morgan fingerprint density at radius 2 is 1.95 bits per heavy atom. The SMILES string of the molecule is CCc1ccc(NC(=O)/C=C/c2ccc(OC)cc2)c(Br)c1. The van der Waals surface area contributed by atoms with Crippen molar-refractivity contribution in [3.63, 3.8) is 0 Å². The summed E-state index contributed by atoms with van der Waals surface area (Å²) in [7, 11) is 1.62. The van der Waals surface area contributed by atoms with Crippen molar-refractivity contribution in [3.8, 4) is 5.75 Å². The Balaban J connectivity index is 2.01. The maximum atomic E-state index is 12.0. The Kier molecular flexibility index (Phi) is 5.78. The number of benzene rings is 2. The third-order valence-corrected chi connectivity index (χ3v) is 3.90. The van der Waals surface area contributed by atoms with Crippen LogP contribution in [0.2, 0.25) is 0 Å². The summed E-state index contributed by atoms with van der Waals surface area (Å²) < 4.78 is 5.98. The number of rotatable bonds is 5. The van der Waals surface area contributed by atoms with Gasteiger partial charge in [-0.3, -0.25) is 4.79 Å². The van der Waals surface area contributed by atoms with Crippen LogP contribution in [0.5, 0.6) is 5.75 Å². The van der Waals surface area contributed by atoms with Gasteiger partial charge in [0.25, 0.3) is 0 Å². The molecule has 4 heteroatoms. The second-order valence-electron chi connectivity index (χ2n) is 4.76. The fourth-order valence-electron chi connectivity index (χ4n) is 1.94. The summed E-state index contributed by atoms with van der Waals surface area (Å²) in [6.45, 7) is 2.09. The Bertz CT molecular complexity index is 678. The van der Waals surface area contributed by atoms with E-state index in [4.69, 9.17) is 4.74 Å². The number of carbonyl (C=O) groups is 1. The van der Waals surface area contributed by atoms with Crippen LogP contribution in [0.1, 0.15) is 18.1 Å². The molecule has 0 spiro atoms. The van der Waals surface area contributed by atoms with E-state index in [0.29, 0.717) is 0 Å². The maximum absolute atomic E-state index is 12.0. The van der Waals surface area contributed by atoms with E-state index < -0.39 is 0 Å². The van der Waals surface area contributed by atoms with E-state index in [1.807, 2.05) is 42.5 Å². The van der Waals surface area contributed by atoms with Crippen LogP contribution in [0.3, 0.4) is 0 Å². The molecule has 0 saturated carbocycles. The minimum absolute atomic E-state index is 0.166. The Morgan fingerprint density at radius 1 is 1.23 bits per heavy atom. The molecule has 0 atom stereocenters. The first kappa shape index (κ1) is 16.3. The number of aryl methyl sites for hydroxylation is 1. The summed E-state index contributed by atoms with van der Waals surface area (Å²) in [6, 6.07) is 13.4. The lowest BCUT2D eigenvalue weighted by Crippen LogP contribution is -2.08. The highest BCUT2D eigenvalue weighted by atomic mass is 79.9. The molecular formula is C18H18BrNO2. The fraction of sp³-hybridized carbons (Fsp3) is 0.167. The molecule has 3 nitrogen and oxygen atoms in total. The minimum Gasteiger partial charge on any atom is -0.497 e. The van der Waals surface area contributed by atoms with Crippen LogP contribution >= 0.6 is 15.9 Å². The van der Waals surface area contributed by atoms with Gasteiger partial charge in [-0.1, -0.05) is 25.1 Å². The molecule has 0 fully saturated rings. The first-order valence-electron chi connectivity index (χ1n) is 7.04. The van der Waals surface area contributed by atoms with Crippen LogP contribution in [-0.2, 0) is 11.2 Å². The Hall–Kier alpha value is -2.07. The van der Waals surface area contributed by atoms with E-state index in [1.54, 1.807) is 13.2 Å². The molecular weight excluding hydrogens is 342 g/mol. The number of anilines is 1. The highest BCUT2D eigenvalue weighted by Crippen LogP contribution is 2.24. The van der Waals surface area contributed by atoms with Gasteiger partial charge in [0, 0.05) is 10.5 Å². The van der Waals surface area contributed by atoms with E-state index in [9.17, 15) is 4.79 Å². The summed E-state index contributed by atoms with van der Waals surface area (Å²) in [6.07, 6.45) is 4.25. The minimum atomic E-state index is -0.166. The number of methoxy groups -OCH3 is 1. The van der Waals surface area contributed by atoms with E-state index in [1.165, 1.54) is 11.6 Å². The van der Waals surface area contributed by atoms with Gasteiger partial charge in [-0.05, 0) is 63.8 Å². The van der Waals surface area contributed by atoms with E-state index >= 15 is 0 Å². The smallest absolute Gasteiger partial charge is 0.248 e. The van der Waals surface area contributed by atoms with Crippen molar-refractivity contribution in [2.75, 3.05) is 12.4 Å². The highest BCUT2D eigenvalue weighted by Gasteiger charge is 2.03. The van der Waals surface area contributed by atoms with Crippen LogP contribution in [0, 0.1) is 0 Å². The number of hydrogen-bond donors (Lipinski definition) is 1. The highest BCUT2D eigenvalue weighted by molar-refractivity contribution is 9.10. The van der Waals surface area contributed by atoms with Crippen molar-refractivity contribution < 1.29 is 9.53 Å². The molecule has 0 saturated heterocycles. The Labute approximate surface area is 139 Å². The van der Waals surface area contributed by atoms with Crippen molar-refractivity contribution in [1.29, 1.82) is 0 Å². The van der Waals surface area contributed by atoms with E-state index in [0.717, 1.165) is 27.9 Å². The van der Waals surface area contributed by atoms with Gasteiger partial charge in [0.05, 0.1) is 12.8 Å². The van der Waals surface area contributed by atoms with Crippen molar-refractivity contribution in [3.05, 3.63) is 64.1 Å². The lowest BCUT2D eigenvalue weighted by molar-refractivity contribution is -0.111. The number of ether oxygens (including phenoxy) is 1. The molecule has 2 aromatic rings. The van der Waals surface area contributed by atoms with Gasteiger partial charge in [-0.15, -0.1) is 0 Å². The number of halogens is 1.